The third-order valence-corrected chi connectivity index (χ3v) is 4.92. The minimum Gasteiger partial charge on any atom is -0.477 e. The number of hydrogen-bond donors (Lipinski definition) is 1. The number of anilines is 1. The molecule has 2 aliphatic heterocycles. The zero-order valence-electron chi connectivity index (χ0n) is 15.7. The molecule has 0 fully saturated rings. The van der Waals surface area contributed by atoms with Gasteiger partial charge in [0.1, 0.15) is 5.75 Å². The van der Waals surface area contributed by atoms with Crippen molar-refractivity contribution in [2.45, 2.75) is 12.5 Å². The van der Waals surface area contributed by atoms with Crippen LogP contribution in [0.3, 0.4) is 0 Å². The highest BCUT2D eigenvalue weighted by molar-refractivity contribution is 6.02. The number of nitrogens with one attached hydrogen (secondary N) is 1. The predicted octanol–water partition coefficient (Wildman–Crippen LogP) is 1.64. The highest BCUT2D eigenvalue weighted by Crippen LogP contribution is 2.33. The molecular formula is C21H22N4O3. The molecule has 0 spiro atoms. The number of fused-ring (bicyclic) bond motifs is 1. The van der Waals surface area contributed by atoms with Crippen molar-refractivity contribution in [3.05, 3.63) is 60.2 Å². The van der Waals surface area contributed by atoms with Gasteiger partial charge in [-0.3, -0.25) is 9.59 Å². The second kappa shape index (κ2) is 7.72. The summed E-state index contributed by atoms with van der Waals surface area (Å²) in [5.41, 5.74) is 2.76. The summed E-state index contributed by atoms with van der Waals surface area (Å²) < 4.78 is 5.79. The normalized spacial score (nSPS) is 18.2. The Kier molecular flexibility index (Phi) is 4.97. The fourth-order valence-corrected chi connectivity index (χ4v) is 3.47. The molecule has 0 radical (unpaired) electrons. The van der Waals surface area contributed by atoms with Gasteiger partial charge in [0.2, 0.25) is 0 Å². The van der Waals surface area contributed by atoms with Crippen LogP contribution < -0.4 is 15.0 Å². The van der Waals surface area contributed by atoms with Gasteiger partial charge in [0.05, 0.1) is 31.0 Å². The molecule has 0 aliphatic carbocycles. The first-order chi connectivity index (χ1) is 13.7. The number of ether oxygens (including phenoxy) is 1. The lowest BCUT2D eigenvalue weighted by molar-refractivity contribution is -0.130. The first-order valence-corrected chi connectivity index (χ1v) is 9.31. The Hall–Kier alpha value is -3.35. The summed E-state index contributed by atoms with van der Waals surface area (Å²) in [6.45, 7) is 1.01. The van der Waals surface area contributed by atoms with Crippen LogP contribution in [0.1, 0.15) is 12.0 Å². The first-order valence-electron chi connectivity index (χ1n) is 9.31. The van der Waals surface area contributed by atoms with E-state index in [1.807, 2.05) is 59.5 Å². The smallest absolute Gasteiger partial charge is 0.262 e. The van der Waals surface area contributed by atoms with Gasteiger partial charge in [-0.05, 0) is 17.7 Å². The third-order valence-electron chi connectivity index (χ3n) is 4.92. The maximum Gasteiger partial charge on any atom is 0.262 e. The van der Waals surface area contributed by atoms with E-state index in [-0.39, 0.29) is 18.4 Å². The van der Waals surface area contributed by atoms with Crippen LogP contribution in [-0.4, -0.2) is 55.3 Å². The summed E-state index contributed by atoms with van der Waals surface area (Å²) in [6, 6.07) is 17.3. The second-order valence-electron chi connectivity index (χ2n) is 6.75. The molecule has 2 aliphatic rings. The Bertz CT molecular complexity index is 913. The average molecular weight is 378 g/mol. The minimum absolute atomic E-state index is 0.0988. The summed E-state index contributed by atoms with van der Waals surface area (Å²) in [6.07, 6.45) is 0.0747. The number of carbonyl (C=O) groups is 2. The Morgan fingerprint density at radius 1 is 1.14 bits per heavy atom. The number of hydrazone groups is 1. The monoisotopic (exact) mass is 378 g/mol. The molecule has 2 amide bonds. The minimum atomic E-state index is -0.658. The summed E-state index contributed by atoms with van der Waals surface area (Å²) >= 11 is 0. The van der Waals surface area contributed by atoms with Gasteiger partial charge in [-0.2, -0.15) is 5.10 Å². The molecule has 0 bridgehead atoms. The first kappa shape index (κ1) is 18.0. The number of amides is 2. The molecule has 1 atom stereocenters. The second-order valence-corrected chi connectivity index (χ2v) is 6.75. The zero-order chi connectivity index (χ0) is 19.5. The highest BCUT2D eigenvalue weighted by atomic mass is 16.5. The number of hydrogen-bond acceptors (Lipinski definition) is 5. The topological polar surface area (TPSA) is 74.2 Å². The Morgan fingerprint density at radius 2 is 1.89 bits per heavy atom. The predicted molar refractivity (Wildman–Crippen MR) is 106 cm³/mol. The van der Waals surface area contributed by atoms with Crippen molar-refractivity contribution in [2.24, 2.45) is 5.10 Å². The van der Waals surface area contributed by atoms with E-state index < -0.39 is 6.10 Å². The molecule has 144 valence electrons. The largest absolute Gasteiger partial charge is 0.477 e. The summed E-state index contributed by atoms with van der Waals surface area (Å²) in [7, 11) is 1.58. The van der Waals surface area contributed by atoms with E-state index in [0.29, 0.717) is 18.8 Å². The van der Waals surface area contributed by atoms with Crippen molar-refractivity contribution in [1.29, 1.82) is 0 Å². The van der Waals surface area contributed by atoms with Gasteiger partial charge in [-0.25, -0.2) is 5.01 Å². The number of benzene rings is 2. The van der Waals surface area contributed by atoms with Crippen LogP contribution in [0, 0.1) is 0 Å². The van der Waals surface area contributed by atoms with Gasteiger partial charge in [0.25, 0.3) is 11.8 Å². The Balaban J connectivity index is 1.51. The molecule has 2 aromatic carbocycles. The number of carbonyl (C=O) groups excluding carboxylic acids is 2. The number of rotatable bonds is 4. The molecule has 0 aromatic heterocycles. The van der Waals surface area contributed by atoms with E-state index in [4.69, 9.17) is 4.74 Å². The fourth-order valence-electron chi connectivity index (χ4n) is 3.47. The number of likely N-dealkylation sites (N-methyl/N-ethyl adjacent to an activating group) is 1. The van der Waals surface area contributed by atoms with Crippen LogP contribution in [0.25, 0.3) is 0 Å². The number of nitrogens with zero attached hydrogens (tertiary/aromatic N) is 3. The van der Waals surface area contributed by atoms with Crippen LogP contribution in [0.4, 0.5) is 5.69 Å². The molecule has 2 aromatic rings. The van der Waals surface area contributed by atoms with Gasteiger partial charge in [0.15, 0.2) is 6.10 Å². The molecule has 2 heterocycles. The molecule has 0 unspecified atom stereocenters. The van der Waals surface area contributed by atoms with Crippen LogP contribution in [0.2, 0.25) is 0 Å². The Morgan fingerprint density at radius 3 is 2.68 bits per heavy atom. The van der Waals surface area contributed by atoms with Crippen molar-refractivity contribution in [3.63, 3.8) is 0 Å². The molecule has 7 nitrogen and oxygen atoms in total. The van der Waals surface area contributed by atoms with Gasteiger partial charge < -0.3 is 15.0 Å². The standard InChI is InChI=1S/C21H22N4O3/c1-22-21(27)19-13-24(17-9-5-6-10-18(17)28-19)14-20(26)25-12-11-16(23-25)15-7-3-2-4-8-15/h2-10,19H,11-14H2,1H3,(H,22,27)/t19-/m1/s1. The lowest BCUT2D eigenvalue weighted by Gasteiger charge is -2.35. The molecular weight excluding hydrogens is 356 g/mol. The van der Waals surface area contributed by atoms with E-state index in [1.54, 1.807) is 7.05 Å². The van der Waals surface area contributed by atoms with E-state index in [9.17, 15) is 9.59 Å². The molecule has 28 heavy (non-hydrogen) atoms. The molecule has 0 saturated heterocycles. The SMILES string of the molecule is CNC(=O)[C@H]1CN(CC(=O)N2CCC(c3ccccc3)=N2)c2ccccc2O1. The van der Waals surface area contributed by atoms with E-state index in [0.717, 1.165) is 23.4 Å². The van der Waals surface area contributed by atoms with Crippen molar-refractivity contribution >= 4 is 23.2 Å². The molecule has 7 heteroatoms. The molecule has 0 saturated carbocycles. The molecule has 4 rings (SSSR count). The Labute approximate surface area is 163 Å². The maximum absolute atomic E-state index is 12.9. The van der Waals surface area contributed by atoms with E-state index >= 15 is 0 Å². The van der Waals surface area contributed by atoms with E-state index in [2.05, 4.69) is 10.4 Å². The lowest BCUT2D eigenvalue weighted by Crippen LogP contribution is -2.50. The van der Waals surface area contributed by atoms with Crippen LogP contribution in [-0.2, 0) is 9.59 Å². The van der Waals surface area contributed by atoms with Gasteiger partial charge in [-0.15, -0.1) is 0 Å². The quantitative estimate of drug-likeness (QED) is 0.878. The zero-order valence-corrected chi connectivity index (χ0v) is 15.7. The summed E-state index contributed by atoms with van der Waals surface area (Å²) in [4.78, 5) is 26.9. The van der Waals surface area contributed by atoms with Crippen molar-refractivity contribution in [2.75, 3.05) is 31.6 Å². The van der Waals surface area contributed by atoms with Crippen molar-refractivity contribution < 1.29 is 14.3 Å². The highest BCUT2D eigenvalue weighted by Gasteiger charge is 2.32. The maximum atomic E-state index is 12.9. The van der Waals surface area contributed by atoms with Crippen molar-refractivity contribution in [1.82, 2.24) is 10.3 Å². The van der Waals surface area contributed by atoms with Gasteiger partial charge >= 0.3 is 0 Å². The molecule has 1 N–H and O–H groups in total. The lowest BCUT2D eigenvalue weighted by atomic mass is 10.1. The van der Waals surface area contributed by atoms with Gasteiger partial charge in [-0.1, -0.05) is 42.5 Å². The van der Waals surface area contributed by atoms with E-state index in [1.165, 1.54) is 5.01 Å². The fraction of sp³-hybridized carbons (Fsp3) is 0.286. The summed E-state index contributed by atoms with van der Waals surface area (Å²) in [5, 5.41) is 8.65. The van der Waals surface area contributed by atoms with Crippen molar-refractivity contribution in [3.8, 4) is 5.75 Å². The average Bonchev–Trinajstić information content (AvgIpc) is 3.24. The number of para-hydroxylation sites is 2. The summed E-state index contributed by atoms with van der Waals surface area (Å²) in [5.74, 6) is 0.292. The third kappa shape index (κ3) is 3.55. The van der Waals surface area contributed by atoms with Gasteiger partial charge in [0, 0.05) is 13.5 Å². The van der Waals surface area contributed by atoms with Crippen LogP contribution in [0.15, 0.2) is 59.7 Å². The van der Waals surface area contributed by atoms with Crippen LogP contribution >= 0.6 is 0 Å². The van der Waals surface area contributed by atoms with Crippen LogP contribution in [0.5, 0.6) is 5.75 Å².